The lowest BCUT2D eigenvalue weighted by atomic mass is 10.2. The molecule has 0 aromatic carbocycles. The van der Waals surface area contributed by atoms with Gasteiger partial charge in [-0.15, -0.1) is 0 Å². The summed E-state index contributed by atoms with van der Waals surface area (Å²) >= 11 is 7.88. The Kier molecular flexibility index (Phi) is 17.6. The molecule has 1 aromatic rings. The number of nitrogens with one attached hydrogen (secondary N) is 2. The number of rotatable bonds is 16. The SMILES string of the molecule is COC(=O)C(CSSC(=O)[C@@H](N)CS)NC(=O)c1cc(=O)cc(C(=O)NC(CSSC(=O)[C@@H](N)CS)C(=O)OC)o1. The minimum Gasteiger partial charge on any atom is -0.467 e. The average Bonchev–Trinajstić information content (AvgIpc) is 2.97. The minimum atomic E-state index is -1.26. The summed E-state index contributed by atoms with van der Waals surface area (Å²) in [7, 11) is 5.57. The van der Waals surface area contributed by atoms with E-state index in [1.54, 1.807) is 0 Å². The van der Waals surface area contributed by atoms with E-state index in [1.807, 2.05) is 0 Å². The van der Waals surface area contributed by atoms with Crippen LogP contribution in [-0.4, -0.2) is 95.4 Å². The van der Waals surface area contributed by atoms with Gasteiger partial charge in [0, 0.05) is 35.1 Å². The van der Waals surface area contributed by atoms with E-state index >= 15 is 0 Å². The molecule has 0 saturated heterocycles. The summed E-state index contributed by atoms with van der Waals surface area (Å²) in [6.07, 6.45) is 0. The summed E-state index contributed by atoms with van der Waals surface area (Å²) < 4.78 is 14.6. The third-order valence-electron chi connectivity index (χ3n) is 4.55. The third-order valence-corrected chi connectivity index (χ3v) is 9.95. The molecule has 0 fully saturated rings. The molecule has 1 rings (SSSR count). The van der Waals surface area contributed by atoms with Crippen molar-refractivity contribution in [2.24, 2.45) is 11.5 Å². The van der Waals surface area contributed by atoms with Gasteiger partial charge in [0.25, 0.3) is 11.8 Å². The zero-order chi connectivity index (χ0) is 31.1. The quantitative estimate of drug-likeness (QED) is 0.0732. The Labute approximate surface area is 261 Å². The lowest BCUT2D eigenvalue weighted by Crippen LogP contribution is -2.44. The van der Waals surface area contributed by atoms with Gasteiger partial charge in [-0.2, -0.15) is 25.3 Å². The first-order valence-electron chi connectivity index (χ1n) is 11.2. The van der Waals surface area contributed by atoms with Crippen LogP contribution in [-0.2, 0) is 28.7 Å². The van der Waals surface area contributed by atoms with Gasteiger partial charge in [0.15, 0.2) is 16.9 Å². The fourth-order valence-electron chi connectivity index (χ4n) is 2.37. The second kappa shape index (κ2) is 19.4. The van der Waals surface area contributed by atoms with Crippen molar-refractivity contribution >= 4 is 102 Å². The number of hydrogen-bond acceptors (Lipinski definition) is 18. The molecule has 0 aliphatic rings. The summed E-state index contributed by atoms with van der Waals surface area (Å²) in [6.45, 7) is 0. The topological polar surface area (TPSA) is 227 Å². The van der Waals surface area contributed by atoms with Crippen LogP contribution in [0.5, 0.6) is 0 Å². The number of carbonyl (C=O) groups is 6. The molecule has 0 saturated carbocycles. The molecular weight excluding hydrogens is 661 g/mol. The van der Waals surface area contributed by atoms with Crippen molar-refractivity contribution in [3.63, 3.8) is 0 Å². The van der Waals surface area contributed by atoms with Crippen molar-refractivity contribution in [3.05, 3.63) is 33.9 Å². The van der Waals surface area contributed by atoms with E-state index in [-0.39, 0.29) is 33.2 Å². The first kappa shape index (κ1) is 37.2. The van der Waals surface area contributed by atoms with Crippen LogP contribution in [0.3, 0.4) is 0 Å². The summed E-state index contributed by atoms with van der Waals surface area (Å²) in [5.74, 6) is -4.99. The Hall–Kier alpha value is -1.81. The van der Waals surface area contributed by atoms with Crippen molar-refractivity contribution in [3.8, 4) is 0 Å². The van der Waals surface area contributed by atoms with Gasteiger partial charge in [0.2, 0.25) is 10.2 Å². The Morgan fingerprint density at radius 1 is 0.805 bits per heavy atom. The van der Waals surface area contributed by atoms with Crippen molar-refractivity contribution in [1.29, 1.82) is 0 Å². The van der Waals surface area contributed by atoms with Crippen LogP contribution >= 0.6 is 68.4 Å². The van der Waals surface area contributed by atoms with E-state index < -0.39 is 64.9 Å². The number of carbonyl (C=O) groups excluding carboxylic acids is 6. The maximum absolute atomic E-state index is 12.8. The summed E-state index contributed by atoms with van der Waals surface area (Å²) in [6, 6.07) is -2.58. The number of amides is 2. The highest BCUT2D eigenvalue weighted by atomic mass is 33.1. The van der Waals surface area contributed by atoms with E-state index in [2.05, 4.69) is 45.4 Å². The number of nitrogens with two attached hydrogens (primary N) is 2. The second-order valence-electron chi connectivity index (χ2n) is 7.57. The van der Waals surface area contributed by atoms with Crippen LogP contribution in [0.1, 0.15) is 21.1 Å². The van der Waals surface area contributed by atoms with Crippen molar-refractivity contribution in [2.75, 3.05) is 37.2 Å². The number of thiol groups is 2. The zero-order valence-electron chi connectivity index (χ0n) is 21.6. The molecule has 20 heteroatoms. The summed E-state index contributed by atoms with van der Waals surface area (Å²) in [5, 5.41) is 3.86. The van der Waals surface area contributed by atoms with E-state index in [0.29, 0.717) is 0 Å². The Bertz CT molecular complexity index is 1090. The van der Waals surface area contributed by atoms with Crippen LogP contribution < -0.4 is 27.5 Å². The van der Waals surface area contributed by atoms with Gasteiger partial charge in [-0.1, -0.05) is 21.6 Å². The summed E-state index contributed by atoms with van der Waals surface area (Å²) in [5.41, 5.74) is 10.4. The molecule has 0 bridgehead atoms. The van der Waals surface area contributed by atoms with Crippen molar-refractivity contribution < 1.29 is 42.7 Å². The molecule has 1 heterocycles. The largest absolute Gasteiger partial charge is 0.467 e. The highest BCUT2D eigenvalue weighted by molar-refractivity contribution is 8.82. The lowest BCUT2D eigenvalue weighted by Gasteiger charge is -2.17. The molecule has 0 spiro atoms. The predicted molar refractivity (Wildman–Crippen MR) is 165 cm³/mol. The lowest BCUT2D eigenvalue weighted by molar-refractivity contribution is -0.143. The van der Waals surface area contributed by atoms with E-state index in [4.69, 9.17) is 15.9 Å². The number of methoxy groups -OCH3 is 2. The molecule has 1 aromatic heterocycles. The highest BCUT2D eigenvalue weighted by Crippen LogP contribution is 2.25. The Morgan fingerprint density at radius 3 is 1.49 bits per heavy atom. The molecule has 14 nitrogen and oxygen atoms in total. The van der Waals surface area contributed by atoms with E-state index in [0.717, 1.165) is 69.5 Å². The van der Waals surface area contributed by atoms with Gasteiger partial charge >= 0.3 is 11.9 Å². The van der Waals surface area contributed by atoms with E-state index in [1.165, 1.54) is 0 Å². The standard InChI is InChI=1S/C21H28N4O10S6/c1-33-18(29)12(7-38-40-20(31)10(22)5-36)24-16(27)14-3-9(26)4-15(35-14)17(28)25-13(19(30)34-2)8-39-41-21(32)11(23)6-37/h3-4,10-13,36-37H,5-8,22-23H2,1-2H3,(H,24,27)(H,25,28)/t10-,11-,12?,13?/m0/s1. The van der Waals surface area contributed by atoms with Gasteiger partial charge in [0.1, 0.15) is 12.1 Å². The molecule has 0 aliphatic heterocycles. The maximum Gasteiger partial charge on any atom is 0.329 e. The fourth-order valence-corrected chi connectivity index (χ4v) is 7.11. The third kappa shape index (κ3) is 12.9. The molecular formula is C21H28N4O10S6. The van der Waals surface area contributed by atoms with Crippen LogP contribution in [0.2, 0.25) is 0 Å². The van der Waals surface area contributed by atoms with Crippen LogP contribution in [0, 0.1) is 0 Å². The maximum atomic E-state index is 12.8. The van der Waals surface area contributed by atoms with Crippen molar-refractivity contribution in [2.45, 2.75) is 24.2 Å². The average molecular weight is 689 g/mol. The van der Waals surface area contributed by atoms with Crippen molar-refractivity contribution in [1.82, 2.24) is 10.6 Å². The minimum absolute atomic E-state index is 0.115. The van der Waals surface area contributed by atoms with Gasteiger partial charge in [-0.05, 0) is 21.6 Å². The van der Waals surface area contributed by atoms with Gasteiger partial charge in [-0.3, -0.25) is 24.0 Å². The smallest absolute Gasteiger partial charge is 0.329 e. The normalized spacial score (nSPS) is 13.7. The van der Waals surface area contributed by atoms with Crippen LogP contribution in [0.15, 0.2) is 21.3 Å². The number of hydrogen-bond donors (Lipinski definition) is 6. The Morgan fingerprint density at radius 2 is 1.17 bits per heavy atom. The van der Waals surface area contributed by atoms with Gasteiger partial charge in [-0.25, -0.2) is 9.59 Å². The molecule has 228 valence electrons. The molecule has 6 N–H and O–H groups in total. The molecule has 2 unspecified atom stereocenters. The fraction of sp³-hybridized carbons (Fsp3) is 0.476. The number of ether oxygens (including phenoxy) is 2. The molecule has 0 aliphatic carbocycles. The van der Waals surface area contributed by atoms with Gasteiger partial charge < -0.3 is 36.0 Å². The molecule has 41 heavy (non-hydrogen) atoms. The highest BCUT2D eigenvalue weighted by Gasteiger charge is 2.28. The molecule has 0 radical (unpaired) electrons. The van der Waals surface area contributed by atoms with Gasteiger partial charge in [0.05, 0.1) is 26.3 Å². The first-order valence-corrected chi connectivity index (χ1v) is 17.1. The first-order chi connectivity index (χ1) is 19.4. The number of esters is 2. The predicted octanol–water partition coefficient (Wildman–Crippen LogP) is -0.487. The Balaban J connectivity index is 2.98. The van der Waals surface area contributed by atoms with Crippen LogP contribution in [0.4, 0.5) is 0 Å². The zero-order valence-corrected chi connectivity index (χ0v) is 26.6. The monoisotopic (exact) mass is 688 g/mol. The van der Waals surface area contributed by atoms with E-state index in [9.17, 15) is 33.6 Å². The second-order valence-corrected chi connectivity index (χ2v) is 13.0. The van der Waals surface area contributed by atoms with Crippen LogP contribution in [0.25, 0.3) is 0 Å². The molecule has 4 atom stereocenters. The summed E-state index contributed by atoms with van der Waals surface area (Å²) in [4.78, 5) is 85.9. The molecule has 2 amide bonds.